The Labute approximate surface area is 193 Å². The maximum Gasteiger partial charge on any atom is 0.410 e. The van der Waals surface area contributed by atoms with Crippen molar-refractivity contribution in [3.8, 4) is 11.4 Å². The third kappa shape index (κ3) is 6.19. The number of aromatic nitrogens is 4. The van der Waals surface area contributed by atoms with Gasteiger partial charge in [-0.25, -0.2) is 13.9 Å². The summed E-state index contributed by atoms with van der Waals surface area (Å²) in [6, 6.07) is 5.28. The highest BCUT2D eigenvalue weighted by Crippen LogP contribution is 2.30. The van der Waals surface area contributed by atoms with Crippen molar-refractivity contribution in [2.75, 3.05) is 32.8 Å². The van der Waals surface area contributed by atoms with Gasteiger partial charge in [0.25, 0.3) is 0 Å². The number of hydrogen-bond acceptors (Lipinski definition) is 7. The summed E-state index contributed by atoms with van der Waals surface area (Å²) in [5, 5.41) is 10.9. The minimum absolute atomic E-state index is 0.221. The van der Waals surface area contributed by atoms with Crippen molar-refractivity contribution in [3.63, 3.8) is 0 Å². The number of halogens is 1. The fourth-order valence-corrected chi connectivity index (χ4v) is 4.51. The van der Waals surface area contributed by atoms with Crippen LogP contribution >= 0.6 is 0 Å². The van der Waals surface area contributed by atoms with Crippen LogP contribution in [0.5, 0.6) is 5.75 Å². The zero-order valence-corrected chi connectivity index (χ0v) is 19.6. The maximum atomic E-state index is 14.4. The van der Waals surface area contributed by atoms with Gasteiger partial charge in [0.05, 0.1) is 12.3 Å². The van der Waals surface area contributed by atoms with Crippen molar-refractivity contribution < 1.29 is 18.7 Å². The van der Waals surface area contributed by atoms with E-state index in [-0.39, 0.29) is 11.8 Å². The minimum Gasteiger partial charge on any atom is -0.490 e. The smallest absolute Gasteiger partial charge is 0.410 e. The average molecular weight is 461 g/mol. The molecule has 2 heterocycles. The maximum absolute atomic E-state index is 14.4. The standard InChI is InChI=1S/C23H33FN6O3/c1-23(2,3)33-22(31)29-12-10-28(11-13-29)18-6-4-17(5-7-18)15-32-21-9-8-19(14-20(21)24)30-16-25-26-27-30/h8-9,14,16-18H,4-7,10-13,15H2,1-3H3/t17-,18-. The molecule has 2 aliphatic rings. The number of amides is 1. The lowest BCUT2D eigenvalue weighted by atomic mass is 9.85. The molecule has 9 nitrogen and oxygen atoms in total. The Bertz CT molecular complexity index is 917. The van der Waals surface area contributed by atoms with Crippen LogP contribution in [0, 0.1) is 11.7 Å². The molecule has 1 aliphatic heterocycles. The summed E-state index contributed by atoms with van der Waals surface area (Å²) in [5.74, 6) is 0.259. The third-order valence-electron chi connectivity index (χ3n) is 6.30. The molecular weight excluding hydrogens is 427 g/mol. The second-order valence-electron chi connectivity index (χ2n) is 9.86. The molecule has 0 N–H and O–H groups in total. The van der Waals surface area contributed by atoms with Gasteiger partial charge in [-0.2, -0.15) is 0 Å². The zero-order valence-electron chi connectivity index (χ0n) is 19.6. The van der Waals surface area contributed by atoms with E-state index >= 15 is 0 Å². The first-order valence-electron chi connectivity index (χ1n) is 11.7. The molecule has 2 fully saturated rings. The second kappa shape index (κ2) is 10.0. The molecule has 2 aromatic rings. The second-order valence-corrected chi connectivity index (χ2v) is 9.86. The van der Waals surface area contributed by atoms with Crippen LogP contribution in [-0.4, -0.2) is 80.5 Å². The highest BCUT2D eigenvalue weighted by atomic mass is 19.1. The highest BCUT2D eigenvalue weighted by molar-refractivity contribution is 5.68. The molecule has 1 saturated carbocycles. The monoisotopic (exact) mass is 460 g/mol. The highest BCUT2D eigenvalue weighted by Gasteiger charge is 2.31. The Morgan fingerprint density at radius 2 is 1.85 bits per heavy atom. The van der Waals surface area contributed by atoms with Gasteiger partial charge < -0.3 is 14.4 Å². The summed E-state index contributed by atoms with van der Waals surface area (Å²) in [6.45, 7) is 9.36. The summed E-state index contributed by atoms with van der Waals surface area (Å²) in [4.78, 5) is 16.6. The largest absolute Gasteiger partial charge is 0.490 e. The van der Waals surface area contributed by atoms with Crippen molar-refractivity contribution in [2.45, 2.75) is 58.1 Å². The van der Waals surface area contributed by atoms with Crippen molar-refractivity contribution in [2.24, 2.45) is 5.92 Å². The summed E-state index contributed by atoms with van der Waals surface area (Å²) in [6.07, 6.45) is 5.51. The number of ether oxygens (including phenoxy) is 2. The van der Waals surface area contributed by atoms with E-state index < -0.39 is 11.4 Å². The molecule has 10 heteroatoms. The third-order valence-corrected chi connectivity index (χ3v) is 6.30. The number of piperazine rings is 1. The summed E-state index contributed by atoms with van der Waals surface area (Å²) in [5.41, 5.74) is 0.0890. The molecule has 1 aromatic carbocycles. The van der Waals surface area contributed by atoms with Crippen molar-refractivity contribution in [1.82, 2.24) is 30.0 Å². The number of nitrogens with zero attached hydrogens (tertiary/aromatic N) is 6. The van der Waals surface area contributed by atoms with E-state index in [1.807, 2.05) is 20.8 Å². The molecule has 1 amide bonds. The number of benzene rings is 1. The lowest BCUT2D eigenvalue weighted by molar-refractivity contribution is 0.00652. The first-order chi connectivity index (χ1) is 15.8. The van der Waals surface area contributed by atoms with Gasteiger partial charge in [0.15, 0.2) is 11.6 Å². The lowest BCUT2D eigenvalue weighted by Gasteiger charge is -2.42. The fourth-order valence-electron chi connectivity index (χ4n) is 4.51. The van der Waals surface area contributed by atoms with Gasteiger partial charge in [0, 0.05) is 38.3 Å². The van der Waals surface area contributed by atoms with E-state index in [4.69, 9.17) is 9.47 Å². The van der Waals surface area contributed by atoms with Crippen LogP contribution in [0.4, 0.5) is 9.18 Å². The van der Waals surface area contributed by atoms with Crippen LogP contribution < -0.4 is 4.74 Å². The molecule has 0 radical (unpaired) electrons. The molecule has 4 rings (SSSR count). The molecule has 0 bridgehead atoms. The Kier molecular flexibility index (Phi) is 7.11. The molecule has 0 spiro atoms. The van der Waals surface area contributed by atoms with Crippen LogP contribution in [0.25, 0.3) is 5.69 Å². The minimum atomic E-state index is -0.464. The molecule has 180 valence electrons. The van der Waals surface area contributed by atoms with Crippen LogP contribution in [0.3, 0.4) is 0 Å². The van der Waals surface area contributed by atoms with Gasteiger partial charge in [0.2, 0.25) is 0 Å². The van der Waals surface area contributed by atoms with E-state index in [1.165, 1.54) is 17.1 Å². The van der Waals surface area contributed by atoms with E-state index in [0.29, 0.717) is 37.3 Å². The Morgan fingerprint density at radius 1 is 1.12 bits per heavy atom. The number of rotatable bonds is 5. The quantitative estimate of drug-likeness (QED) is 0.677. The molecule has 0 unspecified atom stereocenters. The van der Waals surface area contributed by atoms with Crippen LogP contribution in [0.15, 0.2) is 24.5 Å². The average Bonchev–Trinajstić information content (AvgIpc) is 3.33. The molecule has 1 aromatic heterocycles. The van der Waals surface area contributed by atoms with Gasteiger partial charge in [0.1, 0.15) is 11.9 Å². The number of hydrogen-bond donors (Lipinski definition) is 0. The van der Waals surface area contributed by atoms with E-state index in [2.05, 4.69) is 20.4 Å². The van der Waals surface area contributed by atoms with Crippen molar-refractivity contribution >= 4 is 6.09 Å². The number of tetrazole rings is 1. The first kappa shape index (κ1) is 23.4. The summed E-state index contributed by atoms with van der Waals surface area (Å²) >= 11 is 0. The van der Waals surface area contributed by atoms with Crippen molar-refractivity contribution in [3.05, 3.63) is 30.3 Å². The van der Waals surface area contributed by atoms with Gasteiger partial charge >= 0.3 is 6.09 Å². The van der Waals surface area contributed by atoms with Crippen LogP contribution in [-0.2, 0) is 4.74 Å². The topological polar surface area (TPSA) is 85.6 Å². The zero-order chi connectivity index (χ0) is 23.4. The van der Waals surface area contributed by atoms with Gasteiger partial charge in [-0.3, -0.25) is 4.90 Å². The summed E-state index contributed by atoms with van der Waals surface area (Å²) in [7, 11) is 0. The Morgan fingerprint density at radius 3 is 2.45 bits per heavy atom. The molecule has 0 atom stereocenters. The van der Waals surface area contributed by atoms with Gasteiger partial charge in [-0.15, -0.1) is 5.10 Å². The summed E-state index contributed by atoms with van der Waals surface area (Å²) < 4.78 is 27.1. The Balaban J connectivity index is 1.19. The molecular formula is C23H33FN6O3. The molecule has 1 aliphatic carbocycles. The molecule has 33 heavy (non-hydrogen) atoms. The predicted octanol–water partition coefficient (Wildman–Crippen LogP) is 3.29. The number of carbonyl (C=O) groups is 1. The fraction of sp³-hybridized carbons (Fsp3) is 0.652. The van der Waals surface area contributed by atoms with Crippen molar-refractivity contribution in [1.29, 1.82) is 0 Å². The first-order valence-corrected chi connectivity index (χ1v) is 11.7. The van der Waals surface area contributed by atoms with E-state index in [9.17, 15) is 9.18 Å². The normalized spacial score (nSPS) is 22.2. The predicted molar refractivity (Wildman–Crippen MR) is 120 cm³/mol. The SMILES string of the molecule is CC(C)(C)OC(=O)N1CCN([C@H]2CC[C@H](COc3ccc(-n4cnnn4)cc3F)CC2)CC1. The van der Waals surface area contributed by atoms with Crippen LogP contribution in [0.2, 0.25) is 0 Å². The van der Waals surface area contributed by atoms with Crippen LogP contribution in [0.1, 0.15) is 46.5 Å². The van der Waals surface area contributed by atoms with E-state index in [1.54, 1.807) is 17.0 Å². The van der Waals surface area contributed by atoms with Gasteiger partial charge in [-0.1, -0.05) is 0 Å². The number of carbonyl (C=O) groups excluding carboxylic acids is 1. The Hall–Kier alpha value is -2.75. The lowest BCUT2D eigenvalue weighted by Crippen LogP contribution is -2.53. The molecule has 1 saturated heterocycles. The van der Waals surface area contributed by atoms with Gasteiger partial charge in [-0.05, 0) is 74.9 Å². The van der Waals surface area contributed by atoms with E-state index in [0.717, 1.165) is 38.8 Å².